The number of carbonyl (C=O) groups is 1. The Morgan fingerprint density at radius 2 is 2.15 bits per heavy atom. The predicted molar refractivity (Wildman–Crippen MR) is 106 cm³/mol. The van der Waals surface area contributed by atoms with Gasteiger partial charge in [-0.15, -0.1) is 0 Å². The van der Waals surface area contributed by atoms with Crippen molar-refractivity contribution in [2.24, 2.45) is 0 Å². The van der Waals surface area contributed by atoms with Crippen molar-refractivity contribution < 1.29 is 4.79 Å². The quantitative estimate of drug-likeness (QED) is 0.563. The van der Waals surface area contributed by atoms with Crippen molar-refractivity contribution in [2.75, 3.05) is 7.05 Å². The normalized spacial score (nSPS) is 11.1. The van der Waals surface area contributed by atoms with Gasteiger partial charge in [-0.3, -0.25) is 4.79 Å². The van der Waals surface area contributed by atoms with Crippen molar-refractivity contribution in [3.05, 3.63) is 65.1 Å². The molecule has 0 fully saturated rings. The summed E-state index contributed by atoms with van der Waals surface area (Å²) in [5.41, 5.74) is 5.63. The van der Waals surface area contributed by atoms with Gasteiger partial charge in [-0.1, -0.05) is 24.6 Å². The number of aromatic nitrogens is 4. The van der Waals surface area contributed by atoms with E-state index < -0.39 is 0 Å². The van der Waals surface area contributed by atoms with Gasteiger partial charge < -0.3 is 10.3 Å². The Labute approximate surface area is 161 Å². The molecule has 3 aromatic heterocycles. The van der Waals surface area contributed by atoms with E-state index in [1.54, 1.807) is 11.6 Å². The molecule has 27 heavy (non-hydrogen) atoms. The molecule has 4 rings (SSSR count). The second-order valence-electron chi connectivity index (χ2n) is 6.15. The standard InChI is InChI=1S/C20H18ClN5O/c1-3-12-6-7-13(21)9-14(12)18-15(20(27)22-2)10-16(25-18)19-17-5-4-8-26(17)24-11-23-19/h4-11,25H,3H2,1-2H3,(H,22,27). The molecular weight excluding hydrogens is 362 g/mol. The van der Waals surface area contributed by atoms with Gasteiger partial charge in [0.2, 0.25) is 0 Å². The molecule has 7 heteroatoms. The van der Waals surface area contributed by atoms with Crippen LogP contribution in [0.3, 0.4) is 0 Å². The maximum absolute atomic E-state index is 12.5. The van der Waals surface area contributed by atoms with Crippen LogP contribution in [-0.2, 0) is 6.42 Å². The third-order valence-electron chi connectivity index (χ3n) is 4.60. The molecule has 6 nitrogen and oxygen atoms in total. The number of benzene rings is 1. The molecule has 0 saturated carbocycles. The van der Waals surface area contributed by atoms with Gasteiger partial charge in [0.05, 0.1) is 22.5 Å². The Morgan fingerprint density at radius 3 is 2.93 bits per heavy atom. The molecule has 0 radical (unpaired) electrons. The molecule has 0 saturated heterocycles. The van der Waals surface area contributed by atoms with E-state index in [2.05, 4.69) is 27.3 Å². The summed E-state index contributed by atoms with van der Waals surface area (Å²) in [6.45, 7) is 2.07. The van der Waals surface area contributed by atoms with Crippen molar-refractivity contribution in [1.82, 2.24) is 24.9 Å². The first kappa shape index (κ1) is 17.3. The fraction of sp³-hybridized carbons (Fsp3) is 0.150. The number of halogens is 1. The second-order valence-corrected chi connectivity index (χ2v) is 6.59. The van der Waals surface area contributed by atoms with Gasteiger partial charge >= 0.3 is 0 Å². The lowest BCUT2D eigenvalue weighted by Gasteiger charge is -2.09. The Morgan fingerprint density at radius 1 is 1.30 bits per heavy atom. The summed E-state index contributed by atoms with van der Waals surface area (Å²) in [5, 5.41) is 7.53. The molecule has 1 aromatic carbocycles. The molecule has 0 unspecified atom stereocenters. The molecule has 0 aliphatic rings. The van der Waals surface area contributed by atoms with Gasteiger partial charge in [0.1, 0.15) is 12.0 Å². The van der Waals surface area contributed by atoms with E-state index >= 15 is 0 Å². The third kappa shape index (κ3) is 2.98. The SMILES string of the molecule is CCc1ccc(Cl)cc1-c1[nH]c(-c2ncnn3cccc23)cc1C(=O)NC. The van der Waals surface area contributed by atoms with Gasteiger partial charge in [-0.05, 0) is 42.3 Å². The van der Waals surface area contributed by atoms with E-state index in [1.807, 2.05) is 42.6 Å². The number of nitrogens with zero attached hydrogens (tertiary/aromatic N) is 3. The first-order valence-electron chi connectivity index (χ1n) is 8.65. The summed E-state index contributed by atoms with van der Waals surface area (Å²) in [6.07, 6.45) is 4.18. The summed E-state index contributed by atoms with van der Waals surface area (Å²) in [7, 11) is 1.62. The highest BCUT2D eigenvalue weighted by Crippen LogP contribution is 2.33. The Bertz CT molecular complexity index is 1140. The Hall–Kier alpha value is -3.12. The Kier molecular flexibility index (Phi) is 4.41. The Balaban J connectivity index is 1.97. The number of nitrogens with one attached hydrogen (secondary N) is 2. The van der Waals surface area contributed by atoms with Crippen molar-refractivity contribution in [1.29, 1.82) is 0 Å². The zero-order valence-corrected chi connectivity index (χ0v) is 15.7. The van der Waals surface area contributed by atoms with Crippen LogP contribution in [0.4, 0.5) is 0 Å². The van der Waals surface area contributed by atoms with E-state index in [-0.39, 0.29) is 5.91 Å². The number of aryl methyl sites for hydroxylation is 1. The first-order chi connectivity index (χ1) is 13.1. The number of carbonyl (C=O) groups excluding carboxylic acids is 1. The van der Waals surface area contributed by atoms with Crippen LogP contribution in [0.15, 0.2) is 48.9 Å². The van der Waals surface area contributed by atoms with Gasteiger partial charge in [0.15, 0.2) is 0 Å². The number of rotatable bonds is 4. The molecule has 0 bridgehead atoms. The molecule has 1 amide bonds. The first-order valence-corrected chi connectivity index (χ1v) is 9.02. The molecule has 136 valence electrons. The van der Waals surface area contributed by atoms with Crippen LogP contribution in [0.5, 0.6) is 0 Å². The summed E-state index contributed by atoms with van der Waals surface area (Å²) in [4.78, 5) is 20.4. The van der Waals surface area contributed by atoms with E-state index in [0.717, 1.165) is 40.1 Å². The molecule has 2 N–H and O–H groups in total. The van der Waals surface area contributed by atoms with Crippen molar-refractivity contribution in [3.8, 4) is 22.6 Å². The largest absolute Gasteiger partial charge is 0.355 e. The summed E-state index contributed by atoms with van der Waals surface area (Å²) < 4.78 is 1.75. The number of hydrogen-bond donors (Lipinski definition) is 2. The van der Waals surface area contributed by atoms with Crippen LogP contribution in [0.25, 0.3) is 28.2 Å². The molecular formula is C20H18ClN5O. The number of aromatic amines is 1. The van der Waals surface area contributed by atoms with Gasteiger partial charge in [-0.2, -0.15) is 5.10 Å². The molecule has 0 atom stereocenters. The predicted octanol–water partition coefficient (Wildman–Crippen LogP) is 3.97. The summed E-state index contributed by atoms with van der Waals surface area (Å²) in [5.74, 6) is -0.171. The lowest BCUT2D eigenvalue weighted by molar-refractivity contribution is 0.0964. The molecule has 3 heterocycles. The zero-order chi connectivity index (χ0) is 19.0. The average molecular weight is 380 g/mol. The smallest absolute Gasteiger partial charge is 0.253 e. The van der Waals surface area contributed by atoms with E-state index in [1.165, 1.54) is 6.33 Å². The third-order valence-corrected chi connectivity index (χ3v) is 4.84. The minimum atomic E-state index is -0.171. The van der Waals surface area contributed by atoms with Crippen molar-refractivity contribution >= 4 is 23.0 Å². The van der Waals surface area contributed by atoms with Crippen LogP contribution in [-0.4, -0.2) is 32.5 Å². The number of fused-ring (bicyclic) bond motifs is 1. The van der Waals surface area contributed by atoms with Crippen LogP contribution < -0.4 is 5.32 Å². The molecule has 4 aromatic rings. The topological polar surface area (TPSA) is 75.1 Å². The van der Waals surface area contributed by atoms with Crippen LogP contribution in [0.1, 0.15) is 22.8 Å². The highest BCUT2D eigenvalue weighted by atomic mass is 35.5. The maximum atomic E-state index is 12.5. The van der Waals surface area contributed by atoms with E-state index in [0.29, 0.717) is 10.6 Å². The molecule has 0 aliphatic carbocycles. The monoisotopic (exact) mass is 379 g/mol. The molecule has 0 spiro atoms. The second kappa shape index (κ2) is 6.89. The van der Waals surface area contributed by atoms with Crippen molar-refractivity contribution in [3.63, 3.8) is 0 Å². The van der Waals surface area contributed by atoms with E-state index in [4.69, 9.17) is 11.6 Å². The minimum absolute atomic E-state index is 0.171. The van der Waals surface area contributed by atoms with Gasteiger partial charge in [0.25, 0.3) is 5.91 Å². The lowest BCUT2D eigenvalue weighted by atomic mass is 10.00. The fourth-order valence-corrected chi connectivity index (χ4v) is 3.44. The minimum Gasteiger partial charge on any atom is -0.355 e. The summed E-state index contributed by atoms with van der Waals surface area (Å²) >= 11 is 6.24. The highest BCUT2D eigenvalue weighted by molar-refractivity contribution is 6.31. The maximum Gasteiger partial charge on any atom is 0.253 e. The lowest BCUT2D eigenvalue weighted by Crippen LogP contribution is -2.18. The van der Waals surface area contributed by atoms with Gasteiger partial charge in [-0.25, -0.2) is 9.50 Å². The number of H-pyrrole nitrogens is 1. The highest BCUT2D eigenvalue weighted by Gasteiger charge is 2.20. The number of hydrogen-bond acceptors (Lipinski definition) is 3. The fourth-order valence-electron chi connectivity index (χ4n) is 3.27. The van der Waals surface area contributed by atoms with E-state index in [9.17, 15) is 4.79 Å². The van der Waals surface area contributed by atoms with Crippen LogP contribution >= 0.6 is 11.6 Å². The number of amides is 1. The van der Waals surface area contributed by atoms with Crippen molar-refractivity contribution in [2.45, 2.75) is 13.3 Å². The molecule has 0 aliphatic heterocycles. The van der Waals surface area contributed by atoms with Crippen LogP contribution in [0, 0.1) is 0 Å². The summed E-state index contributed by atoms with van der Waals surface area (Å²) in [6, 6.07) is 11.4. The zero-order valence-electron chi connectivity index (χ0n) is 15.0. The van der Waals surface area contributed by atoms with Crippen LogP contribution in [0.2, 0.25) is 5.02 Å². The average Bonchev–Trinajstić information content (AvgIpc) is 3.34. The van der Waals surface area contributed by atoms with Gasteiger partial charge in [0, 0.05) is 23.8 Å².